The number of carboxylic acid groups (broad SMARTS) is 1. The van der Waals surface area contributed by atoms with E-state index in [-0.39, 0.29) is 23.9 Å². The largest absolute Gasteiger partial charge is 0.479 e. The number of rotatable bonds is 3. The number of hydrogen-bond donors (Lipinski definition) is 2. The molecule has 17 heavy (non-hydrogen) atoms. The molecule has 0 saturated carbocycles. The third-order valence-electron chi connectivity index (χ3n) is 3.12. The standard InChI is InChI=1S/C12H23NO3.ClH/c1-5-6-12(10(14)15)8-13-7-9(16-12)11(2,3)4;/h9,13H,5-8H2,1-4H3,(H,14,15);1H/t9-,12-;/m1./s1. The predicted octanol–water partition coefficient (Wildman–Crippen LogP) is 2.07. The second-order valence-corrected chi connectivity index (χ2v) is 5.65. The van der Waals surface area contributed by atoms with Crippen LogP contribution < -0.4 is 5.32 Å². The molecule has 0 radical (unpaired) electrons. The monoisotopic (exact) mass is 265 g/mol. The first-order valence-corrected chi connectivity index (χ1v) is 5.94. The Kier molecular flexibility index (Phi) is 5.91. The van der Waals surface area contributed by atoms with E-state index in [4.69, 9.17) is 4.74 Å². The number of hydrogen-bond acceptors (Lipinski definition) is 3. The molecule has 1 heterocycles. The summed E-state index contributed by atoms with van der Waals surface area (Å²) in [4.78, 5) is 11.4. The van der Waals surface area contributed by atoms with Crippen LogP contribution in [0.15, 0.2) is 0 Å². The zero-order chi connectivity index (χ0) is 12.4. The quantitative estimate of drug-likeness (QED) is 0.820. The summed E-state index contributed by atoms with van der Waals surface area (Å²) in [7, 11) is 0. The number of ether oxygens (including phenoxy) is 1. The molecule has 1 rings (SSSR count). The lowest BCUT2D eigenvalue weighted by Crippen LogP contribution is -2.60. The minimum atomic E-state index is -1.04. The average molecular weight is 266 g/mol. The highest BCUT2D eigenvalue weighted by Gasteiger charge is 2.46. The van der Waals surface area contributed by atoms with Crippen LogP contribution in [0.2, 0.25) is 0 Å². The molecule has 5 heteroatoms. The Balaban J connectivity index is 0.00000256. The van der Waals surface area contributed by atoms with Crippen molar-refractivity contribution >= 4 is 18.4 Å². The molecular formula is C12H24ClNO3. The molecule has 2 atom stereocenters. The van der Waals surface area contributed by atoms with Crippen molar-refractivity contribution in [1.82, 2.24) is 5.32 Å². The maximum Gasteiger partial charge on any atom is 0.337 e. The fraction of sp³-hybridized carbons (Fsp3) is 0.917. The normalized spacial score (nSPS) is 29.5. The molecule has 0 bridgehead atoms. The first-order valence-electron chi connectivity index (χ1n) is 5.94. The lowest BCUT2D eigenvalue weighted by molar-refractivity contribution is -0.192. The molecule has 1 saturated heterocycles. The summed E-state index contributed by atoms with van der Waals surface area (Å²) in [5.74, 6) is -0.851. The predicted molar refractivity (Wildman–Crippen MR) is 69.7 cm³/mol. The van der Waals surface area contributed by atoms with E-state index in [0.717, 1.165) is 13.0 Å². The molecule has 4 nitrogen and oxygen atoms in total. The van der Waals surface area contributed by atoms with Crippen LogP contribution in [0.25, 0.3) is 0 Å². The molecule has 0 aromatic heterocycles. The first-order chi connectivity index (χ1) is 7.32. The maximum absolute atomic E-state index is 11.4. The smallest absolute Gasteiger partial charge is 0.337 e. The van der Waals surface area contributed by atoms with Crippen LogP contribution in [0.1, 0.15) is 40.5 Å². The van der Waals surface area contributed by atoms with Crippen molar-refractivity contribution in [3.8, 4) is 0 Å². The van der Waals surface area contributed by atoms with Crippen molar-refractivity contribution in [3.63, 3.8) is 0 Å². The molecule has 0 aromatic carbocycles. The van der Waals surface area contributed by atoms with Crippen LogP contribution in [0.3, 0.4) is 0 Å². The van der Waals surface area contributed by atoms with Crippen molar-refractivity contribution in [1.29, 1.82) is 0 Å². The van der Waals surface area contributed by atoms with Crippen molar-refractivity contribution in [2.24, 2.45) is 5.41 Å². The van der Waals surface area contributed by atoms with Gasteiger partial charge in [0.2, 0.25) is 0 Å². The highest BCUT2D eigenvalue weighted by atomic mass is 35.5. The molecule has 102 valence electrons. The van der Waals surface area contributed by atoms with Gasteiger partial charge >= 0.3 is 5.97 Å². The fourth-order valence-electron chi connectivity index (χ4n) is 2.03. The van der Waals surface area contributed by atoms with Gasteiger partial charge in [-0.25, -0.2) is 4.79 Å². The minimum Gasteiger partial charge on any atom is -0.479 e. The van der Waals surface area contributed by atoms with E-state index in [2.05, 4.69) is 26.1 Å². The Morgan fingerprint density at radius 2 is 2.12 bits per heavy atom. The van der Waals surface area contributed by atoms with Gasteiger partial charge in [-0.15, -0.1) is 12.4 Å². The molecule has 0 aromatic rings. The van der Waals surface area contributed by atoms with Crippen molar-refractivity contribution in [2.75, 3.05) is 13.1 Å². The molecule has 0 amide bonds. The number of aliphatic carboxylic acids is 1. The first kappa shape index (κ1) is 16.7. The van der Waals surface area contributed by atoms with E-state index < -0.39 is 11.6 Å². The molecule has 1 aliphatic rings. The second kappa shape index (κ2) is 6.03. The summed E-state index contributed by atoms with van der Waals surface area (Å²) < 4.78 is 5.88. The summed E-state index contributed by atoms with van der Waals surface area (Å²) in [5.41, 5.74) is -1.08. The molecular weight excluding hydrogens is 242 g/mol. The van der Waals surface area contributed by atoms with Crippen LogP contribution >= 0.6 is 12.4 Å². The summed E-state index contributed by atoms with van der Waals surface area (Å²) in [6.07, 6.45) is 1.32. The molecule has 0 unspecified atom stereocenters. The number of morpholine rings is 1. The lowest BCUT2D eigenvalue weighted by Gasteiger charge is -2.43. The molecule has 2 N–H and O–H groups in total. The third kappa shape index (κ3) is 3.83. The van der Waals surface area contributed by atoms with Gasteiger partial charge in [-0.2, -0.15) is 0 Å². The number of nitrogens with one attached hydrogen (secondary N) is 1. The Morgan fingerprint density at radius 1 is 1.53 bits per heavy atom. The summed E-state index contributed by atoms with van der Waals surface area (Å²) in [5, 5.41) is 12.5. The van der Waals surface area contributed by atoms with Crippen LogP contribution in [-0.4, -0.2) is 35.9 Å². The van der Waals surface area contributed by atoms with Gasteiger partial charge in [0.1, 0.15) is 0 Å². The summed E-state index contributed by atoms with van der Waals surface area (Å²) >= 11 is 0. The molecule has 1 aliphatic heterocycles. The topological polar surface area (TPSA) is 58.6 Å². The van der Waals surface area contributed by atoms with E-state index in [9.17, 15) is 9.90 Å². The number of halogens is 1. The van der Waals surface area contributed by atoms with E-state index >= 15 is 0 Å². The third-order valence-corrected chi connectivity index (χ3v) is 3.12. The van der Waals surface area contributed by atoms with Crippen LogP contribution in [-0.2, 0) is 9.53 Å². The summed E-state index contributed by atoms with van der Waals surface area (Å²) in [6.45, 7) is 9.33. The molecule has 0 spiro atoms. The van der Waals surface area contributed by atoms with Gasteiger partial charge < -0.3 is 15.2 Å². The van der Waals surface area contributed by atoms with E-state index in [1.165, 1.54) is 0 Å². The van der Waals surface area contributed by atoms with E-state index in [0.29, 0.717) is 13.0 Å². The Bertz CT molecular complexity index is 261. The molecule has 0 aliphatic carbocycles. The second-order valence-electron chi connectivity index (χ2n) is 5.65. The van der Waals surface area contributed by atoms with Crippen molar-refractivity contribution in [3.05, 3.63) is 0 Å². The van der Waals surface area contributed by atoms with Crippen molar-refractivity contribution in [2.45, 2.75) is 52.2 Å². The highest BCUT2D eigenvalue weighted by molar-refractivity contribution is 5.85. The minimum absolute atomic E-state index is 0. The molecule has 1 fully saturated rings. The maximum atomic E-state index is 11.4. The van der Waals surface area contributed by atoms with Gasteiger partial charge in [0.15, 0.2) is 5.60 Å². The Morgan fingerprint density at radius 3 is 2.53 bits per heavy atom. The highest BCUT2D eigenvalue weighted by Crippen LogP contribution is 2.31. The van der Waals surface area contributed by atoms with Crippen LogP contribution in [0, 0.1) is 5.41 Å². The number of carbonyl (C=O) groups is 1. The average Bonchev–Trinajstić information content (AvgIpc) is 2.17. The summed E-state index contributed by atoms with van der Waals surface area (Å²) in [6, 6.07) is 0. The zero-order valence-electron chi connectivity index (χ0n) is 11.1. The van der Waals surface area contributed by atoms with Gasteiger partial charge in [-0.05, 0) is 11.8 Å². The SMILES string of the molecule is CCC[C@]1(C(=O)O)CNC[C@H](C(C)(C)C)O1.Cl. The van der Waals surface area contributed by atoms with E-state index in [1.54, 1.807) is 0 Å². The zero-order valence-corrected chi connectivity index (χ0v) is 11.9. The van der Waals surface area contributed by atoms with Gasteiger partial charge in [-0.3, -0.25) is 0 Å². The van der Waals surface area contributed by atoms with Gasteiger partial charge in [0, 0.05) is 13.1 Å². The van der Waals surface area contributed by atoms with Crippen molar-refractivity contribution < 1.29 is 14.6 Å². The Hall–Kier alpha value is -0.320. The van der Waals surface area contributed by atoms with Gasteiger partial charge in [0.25, 0.3) is 0 Å². The van der Waals surface area contributed by atoms with Crippen LogP contribution in [0.5, 0.6) is 0 Å². The Labute approximate surface area is 110 Å². The number of carboxylic acids is 1. The van der Waals surface area contributed by atoms with E-state index in [1.807, 2.05) is 6.92 Å². The lowest BCUT2D eigenvalue weighted by atomic mass is 9.85. The van der Waals surface area contributed by atoms with Crippen LogP contribution in [0.4, 0.5) is 0 Å². The van der Waals surface area contributed by atoms with Gasteiger partial charge in [0.05, 0.1) is 6.10 Å². The van der Waals surface area contributed by atoms with Gasteiger partial charge in [-0.1, -0.05) is 34.1 Å². The fourth-order valence-corrected chi connectivity index (χ4v) is 2.03.